The smallest absolute Gasteiger partial charge is 0.130 e. The molecule has 0 N–H and O–H groups in total. The zero-order valence-electron chi connectivity index (χ0n) is 10.5. The molecule has 1 fully saturated rings. The molecule has 0 atom stereocenters. The number of pyridine rings is 1. The van der Waals surface area contributed by atoms with E-state index in [4.69, 9.17) is 5.26 Å². The van der Waals surface area contributed by atoms with Crippen molar-refractivity contribution in [1.82, 2.24) is 9.88 Å². The molecule has 0 saturated carbocycles. The third kappa shape index (κ3) is 2.75. The third-order valence-electron chi connectivity index (χ3n) is 3.21. The predicted octanol–water partition coefficient (Wildman–Crippen LogP) is 1.40. The summed E-state index contributed by atoms with van der Waals surface area (Å²) in [5, 5.41) is 8.96. The number of aromatic nitrogens is 1. The highest BCUT2D eigenvalue weighted by molar-refractivity contribution is 5.46. The van der Waals surface area contributed by atoms with Crippen molar-refractivity contribution in [3.63, 3.8) is 0 Å². The van der Waals surface area contributed by atoms with E-state index in [9.17, 15) is 0 Å². The maximum Gasteiger partial charge on any atom is 0.130 e. The minimum atomic E-state index is 0.699. The number of rotatable bonds is 2. The van der Waals surface area contributed by atoms with Crippen molar-refractivity contribution in [1.29, 1.82) is 5.26 Å². The van der Waals surface area contributed by atoms with Gasteiger partial charge in [-0.05, 0) is 25.6 Å². The molecule has 90 valence electrons. The highest BCUT2D eigenvalue weighted by Gasteiger charge is 2.17. The fraction of sp³-hybridized carbons (Fsp3) is 0.538. The number of aryl methyl sites for hydroxylation is 1. The Morgan fingerprint density at radius 1 is 1.29 bits per heavy atom. The first kappa shape index (κ1) is 11.9. The highest BCUT2D eigenvalue weighted by Crippen LogP contribution is 2.16. The van der Waals surface area contributed by atoms with E-state index < -0.39 is 0 Å². The fourth-order valence-corrected chi connectivity index (χ4v) is 2.17. The Kier molecular flexibility index (Phi) is 3.60. The molecule has 0 aromatic carbocycles. The minimum absolute atomic E-state index is 0.699. The summed E-state index contributed by atoms with van der Waals surface area (Å²) in [6, 6.07) is 5.90. The Morgan fingerprint density at radius 2 is 2.00 bits per heavy atom. The maximum absolute atomic E-state index is 8.96. The summed E-state index contributed by atoms with van der Waals surface area (Å²) < 4.78 is 0. The Hall–Kier alpha value is -1.60. The first-order valence-corrected chi connectivity index (χ1v) is 6.09. The molecule has 0 aliphatic carbocycles. The maximum atomic E-state index is 8.96. The molecule has 0 amide bonds. The number of hydrogen-bond donors (Lipinski definition) is 0. The second-order valence-electron chi connectivity index (χ2n) is 4.39. The van der Waals surface area contributed by atoms with Gasteiger partial charge < -0.3 is 9.80 Å². The van der Waals surface area contributed by atoms with Gasteiger partial charge in [0.1, 0.15) is 5.82 Å². The van der Waals surface area contributed by atoms with Gasteiger partial charge in [0.2, 0.25) is 0 Å². The van der Waals surface area contributed by atoms with Crippen LogP contribution in [0.15, 0.2) is 12.1 Å². The number of likely N-dealkylation sites (N-methyl/N-ethyl adjacent to an activating group) is 1. The van der Waals surface area contributed by atoms with Crippen LogP contribution >= 0.6 is 0 Å². The molecule has 4 nitrogen and oxygen atoms in total. The Morgan fingerprint density at radius 3 is 2.59 bits per heavy atom. The van der Waals surface area contributed by atoms with E-state index in [2.05, 4.69) is 27.8 Å². The molecule has 4 heteroatoms. The molecule has 2 rings (SSSR count). The Balaban J connectivity index is 2.13. The molecule has 1 aromatic heterocycles. The second-order valence-corrected chi connectivity index (χ2v) is 4.39. The van der Waals surface area contributed by atoms with E-state index in [1.807, 2.05) is 19.1 Å². The van der Waals surface area contributed by atoms with Gasteiger partial charge >= 0.3 is 0 Å². The van der Waals surface area contributed by atoms with Crippen molar-refractivity contribution in [2.75, 3.05) is 37.6 Å². The van der Waals surface area contributed by atoms with Gasteiger partial charge in [-0.3, -0.25) is 0 Å². The van der Waals surface area contributed by atoms with Crippen LogP contribution in [0.1, 0.15) is 18.2 Å². The first-order chi connectivity index (χ1) is 8.22. The van der Waals surface area contributed by atoms with Crippen LogP contribution < -0.4 is 4.90 Å². The van der Waals surface area contributed by atoms with Crippen LogP contribution in [-0.2, 0) is 0 Å². The van der Waals surface area contributed by atoms with E-state index in [1.165, 1.54) is 0 Å². The number of nitrogens with zero attached hydrogens (tertiary/aromatic N) is 4. The zero-order chi connectivity index (χ0) is 12.3. The second kappa shape index (κ2) is 5.15. The molecule has 0 spiro atoms. The molecule has 2 heterocycles. The van der Waals surface area contributed by atoms with Crippen LogP contribution in [0, 0.1) is 18.3 Å². The van der Waals surface area contributed by atoms with Gasteiger partial charge in [-0.15, -0.1) is 0 Å². The Labute approximate surface area is 102 Å². The summed E-state index contributed by atoms with van der Waals surface area (Å²) in [5.41, 5.74) is 1.61. The molecule has 1 aliphatic rings. The molecule has 0 bridgehead atoms. The van der Waals surface area contributed by atoms with Crippen molar-refractivity contribution in [2.45, 2.75) is 13.8 Å². The van der Waals surface area contributed by atoms with E-state index in [0.29, 0.717) is 5.56 Å². The lowest BCUT2D eigenvalue weighted by Gasteiger charge is -2.34. The standard InChI is InChI=1S/C13H18N4/c1-3-16-4-6-17(7-5-16)13-9-12(10-14)8-11(2)15-13/h8-9H,3-7H2,1-2H3. The van der Waals surface area contributed by atoms with Crippen molar-refractivity contribution < 1.29 is 0 Å². The minimum Gasteiger partial charge on any atom is -0.354 e. The monoisotopic (exact) mass is 230 g/mol. The van der Waals surface area contributed by atoms with Crippen LogP contribution in [0.3, 0.4) is 0 Å². The summed E-state index contributed by atoms with van der Waals surface area (Å²) in [4.78, 5) is 9.20. The molecule has 1 aromatic rings. The average molecular weight is 230 g/mol. The molecular formula is C13H18N4. The van der Waals surface area contributed by atoms with Gasteiger partial charge in [-0.1, -0.05) is 6.92 Å². The van der Waals surface area contributed by atoms with Crippen LogP contribution in [0.4, 0.5) is 5.82 Å². The lowest BCUT2D eigenvalue weighted by Crippen LogP contribution is -2.46. The van der Waals surface area contributed by atoms with Crippen LogP contribution in [0.25, 0.3) is 0 Å². The molecule has 1 saturated heterocycles. The summed E-state index contributed by atoms with van der Waals surface area (Å²) in [5.74, 6) is 0.942. The van der Waals surface area contributed by atoms with Gasteiger partial charge in [0.05, 0.1) is 11.6 Å². The number of nitriles is 1. The number of anilines is 1. The molecule has 17 heavy (non-hydrogen) atoms. The van der Waals surface area contributed by atoms with E-state index in [-0.39, 0.29) is 0 Å². The van der Waals surface area contributed by atoms with Crippen molar-refractivity contribution >= 4 is 5.82 Å². The van der Waals surface area contributed by atoms with E-state index in [1.54, 1.807) is 0 Å². The van der Waals surface area contributed by atoms with E-state index >= 15 is 0 Å². The summed E-state index contributed by atoms with van der Waals surface area (Å²) in [7, 11) is 0. The van der Waals surface area contributed by atoms with Gasteiger partial charge in [-0.25, -0.2) is 4.98 Å². The van der Waals surface area contributed by atoms with Gasteiger partial charge in [-0.2, -0.15) is 5.26 Å². The number of piperazine rings is 1. The molecule has 0 radical (unpaired) electrons. The Bertz CT molecular complexity index is 428. The average Bonchev–Trinajstić information content (AvgIpc) is 2.38. The van der Waals surface area contributed by atoms with Crippen LogP contribution in [0.5, 0.6) is 0 Å². The lowest BCUT2D eigenvalue weighted by atomic mass is 10.2. The number of hydrogen-bond acceptors (Lipinski definition) is 4. The van der Waals surface area contributed by atoms with Gasteiger partial charge in [0.15, 0.2) is 0 Å². The highest BCUT2D eigenvalue weighted by atomic mass is 15.3. The first-order valence-electron chi connectivity index (χ1n) is 6.09. The summed E-state index contributed by atoms with van der Waals surface area (Å²) in [6.45, 7) is 9.38. The SMILES string of the molecule is CCN1CCN(c2cc(C#N)cc(C)n2)CC1. The molecule has 1 aliphatic heterocycles. The summed E-state index contributed by atoms with van der Waals surface area (Å²) in [6.07, 6.45) is 0. The van der Waals surface area contributed by atoms with Gasteiger partial charge in [0, 0.05) is 31.9 Å². The quantitative estimate of drug-likeness (QED) is 0.770. The normalized spacial score (nSPS) is 16.9. The largest absolute Gasteiger partial charge is 0.354 e. The van der Waals surface area contributed by atoms with Crippen molar-refractivity contribution in [2.24, 2.45) is 0 Å². The molecule has 0 unspecified atom stereocenters. The van der Waals surface area contributed by atoms with Crippen molar-refractivity contribution in [3.8, 4) is 6.07 Å². The third-order valence-corrected chi connectivity index (χ3v) is 3.21. The predicted molar refractivity (Wildman–Crippen MR) is 68.0 cm³/mol. The van der Waals surface area contributed by atoms with Crippen molar-refractivity contribution in [3.05, 3.63) is 23.4 Å². The lowest BCUT2D eigenvalue weighted by molar-refractivity contribution is 0.270. The topological polar surface area (TPSA) is 43.2 Å². The van der Waals surface area contributed by atoms with Crippen LogP contribution in [0.2, 0.25) is 0 Å². The fourth-order valence-electron chi connectivity index (χ4n) is 2.17. The summed E-state index contributed by atoms with van der Waals surface area (Å²) >= 11 is 0. The molecular weight excluding hydrogens is 212 g/mol. The van der Waals surface area contributed by atoms with Gasteiger partial charge in [0.25, 0.3) is 0 Å². The van der Waals surface area contributed by atoms with Crippen LogP contribution in [-0.4, -0.2) is 42.6 Å². The van der Waals surface area contributed by atoms with E-state index in [0.717, 1.165) is 44.2 Å². The zero-order valence-corrected chi connectivity index (χ0v) is 10.5.